The molecular formula is C18H21N7O2. The summed E-state index contributed by atoms with van der Waals surface area (Å²) in [6, 6.07) is 8.43. The molecule has 1 saturated heterocycles. The SMILES string of the molecule is CNC(=O)[C@@H]1C[C@@H](n2cc(CN(C)C(=O)c3cccc(C#N)c3)nn2)CN1. The highest BCUT2D eigenvalue weighted by Gasteiger charge is 2.30. The van der Waals surface area contributed by atoms with Crippen LogP contribution in [0.15, 0.2) is 30.5 Å². The molecule has 9 nitrogen and oxygen atoms in total. The predicted molar refractivity (Wildman–Crippen MR) is 96.5 cm³/mol. The van der Waals surface area contributed by atoms with E-state index in [1.807, 2.05) is 6.07 Å². The van der Waals surface area contributed by atoms with Crippen molar-refractivity contribution in [3.8, 4) is 6.07 Å². The molecule has 1 aromatic carbocycles. The van der Waals surface area contributed by atoms with Crippen molar-refractivity contribution in [2.75, 3.05) is 20.6 Å². The van der Waals surface area contributed by atoms with Gasteiger partial charge in [0.05, 0.1) is 36.5 Å². The minimum absolute atomic E-state index is 0.0391. The number of likely N-dealkylation sites (N-methyl/N-ethyl adjacent to an activating group) is 1. The van der Waals surface area contributed by atoms with E-state index in [9.17, 15) is 9.59 Å². The Morgan fingerprint density at radius 2 is 2.30 bits per heavy atom. The molecule has 2 N–H and O–H groups in total. The van der Waals surface area contributed by atoms with Crippen LogP contribution in [0.1, 0.15) is 34.1 Å². The van der Waals surface area contributed by atoms with Crippen LogP contribution in [0.5, 0.6) is 0 Å². The van der Waals surface area contributed by atoms with Gasteiger partial charge in [-0.05, 0) is 24.6 Å². The Balaban J connectivity index is 1.63. The van der Waals surface area contributed by atoms with Crippen LogP contribution in [-0.2, 0) is 11.3 Å². The number of hydrogen-bond donors (Lipinski definition) is 2. The molecule has 9 heteroatoms. The van der Waals surface area contributed by atoms with Crippen LogP contribution in [0, 0.1) is 11.3 Å². The lowest BCUT2D eigenvalue weighted by Gasteiger charge is -2.15. The molecule has 0 spiro atoms. The van der Waals surface area contributed by atoms with E-state index in [-0.39, 0.29) is 23.9 Å². The quantitative estimate of drug-likeness (QED) is 0.773. The number of benzene rings is 1. The second-order valence-electron chi connectivity index (χ2n) is 6.51. The zero-order valence-corrected chi connectivity index (χ0v) is 15.2. The first-order valence-electron chi connectivity index (χ1n) is 8.63. The first-order valence-corrected chi connectivity index (χ1v) is 8.63. The Hall–Kier alpha value is -3.25. The van der Waals surface area contributed by atoms with Crippen LogP contribution in [0.25, 0.3) is 0 Å². The van der Waals surface area contributed by atoms with Crippen molar-refractivity contribution in [1.82, 2.24) is 30.5 Å². The van der Waals surface area contributed by atoms with Crippen molar-refractivity contribution >= 4 is 11.8 Å². The minimum Gasteiger partial charge on any atom is -0.358 e. The molecule has 0 saturated carbocycles. The van der Waals surface area contributed by atoms with E-state index >= 15 is 0 Å². The van der Waals surface area contributed by atoms with Gasteiger partial charge in [0.2, 0.25) is 5.91 Å². The van der Waals surface area contributed by atoms with Crippen molar-refractivity contribution in [3.05, 3.63) is 47.3 Å². The maximum Gasteiger partial charge on any atom is 0.253 e. The molecule has 0 bridgehead atoms. The molecule has 1 aliphatic heterocycles. The van der Waals surface area contributed by atoms with E-state index in [1.54, 1.807) is 49.2 Å². The topological polar surface area (TPSA) is 116 Å². The molecule has 3 rings (SSSR count). The van der Waals surface area contributed by atoms with Crippen molar-refractivity contribution < 1.29 is 9.59 Å². The molecule has 140 valence electrons. The number of amides is 2. The summed E-state index contributed by atoms with van der Waals surface area (Å²) in [5, 5.41) is 23.1. The summed E-state index contributed by atoms with van der Waals surface area (Å²) in [6.45, 7) is 0.936. The molecule has 27 heavy (non-hydrogen) atoms. The fourth-order valence-electron chi connectivity index (χ4n) is 3.11. The Morgan fingerprint density at radius 3 is 3.04 bits per heavy atom. The van der Waals surface area contributed by atoms with Crippen molar-refractivity contribution in [1.29, 1.82) is 5.26 Å². The van der Waals surface area contributed by atoms with Gasteiger partial charge in [0, 0.05) is 26.2 Å². The summed E-state index contributed by atoms with van der Waals surface area (Å²) in [7, 11) is 3.29. The van der Waals surface area contributed by atoms with Gasteiger partial charge in [0.25, 0.3) is 5.91 Å². The largest absolute Gasteiger partial charge is 0.358 e. The monoisotopic (exact) mass is 367 g/mol. The third kappa shape index (κ3) is 4.12. The standard InChI is InChI=1S/C18H21N7O2/c1-20-17(26)16-7-15(9-21-16)25-11-14(22-23-25)10-24(2)18(27)13-5-3-4-12(6-13)8-19/h3-6,11,15-16,21H,7,9-10H2,1-2H3,(H,20,26)/t15-,16+/m1/s1. The Labute approximate surface area is 157 Å². The fourth-order valence-corrected chi connectivity index (χ4v) is 3.11. The smallest absolute Gasteiger partial charge is 0.253 e. The van der Waals surface area contributed by atoms with Gasteiger partial charge in [0.15, 0.2) is 0 Å². The van der Waals surface area contributed by atoms with Crippen molar-refractivity contribution in [2.24, 2.45) is 0 Å². The number of carbonyl (C=O) groups excluding carboxylic acids is 2. The molecule has 1 fully saturated rings. The summed E-state index contributed by atoms with van der Waals surface area (Å²) in [5.74, 6) is -0.230. The average molecular weight is 367 g/mol. The first kappa shape index (κ1) is 18.5. The van der Waals surface area contributed by atoms with Crippen LogP contribution in [0.4, 0.5) is 0 Å². The van der Waals surface area contributed by atoms with E-state index < -0.39 is 0 Å². The number of hydrogen-bond acceptors (Lipinski definition) is 6. The maximum absolute atomic E-state index is 12.5. The van der Waals surface area contributed by atoms with Crippen LogP contribution in [-0.4, -0.2) is 58.4 Å². The van der Waals surface area contributed by atoms with Gasteiger partial charge in [-0.1, -0.05) is 11.3 Å². The summed E-state index contributed by atoms with van der Waals surface area (Å²) in [4.78, 5) is 25.8. The third-order valence-electron chi connectivity index (χ3n) is 4.59. The molecule has 2 aromatic rings. The number of nitrogens with zero attached hydrogens (tertiary/aromatic N) is 5. The van der Waals surface area contributed by atoms with E-state index in [0.29, 0.717) is 36.3 Å². The third-order valence-corrected chi connectivity index (χ3v) is 4.59. The molecular weight excluding hydrogens is 346 g/mol. The molecule has 1 aromatic heterocycles. The number of aromatic nitrogens is 3. The van der Waals surface area contributed by atoms with Crippen molar-refractivity contribution in [2.45, 2.75) is 25.0 Å². The number of nitrogens with one attached hydrogen (secondary N) is 2. The van der Waals surface area contributed by atoms with Crippen molar-refractivity contribution in [3.63, 3.8) is 0 Å². The van der Waals surface area contributed by atoms with E-state index in [2.05, 4.69) is 20.9 Å². The lowest BCUT2D eigenvalue weighted by atomic mass is 10.1. The van der Waals surface area contributed by atoms with Crippen LogP contribution in [0.3, 0.4) is 0 Å². The highest BCUT2D eigenvalue weighted by molar-refractivity contribution is 5.94. The lowest BCUT2D eigenvalue weighted by molar-refractivity contribution is -0.122. The predicted octanol–water partition coefficient (Wildman–Crippen LogP) is 0.0710. The number of rotatable bonds is 5. The number of nitriles is 1. The molecule has 1 aliphatic rings. The van der Waals surface area contributed by atoms with Crippen LogP contribution >= 0.6 is 0 Å². The van der Waals surface area contributed by atoms with Gasteiger partial charge in [-0.25, -0.2) is 4.68 Å². The van der Waals surface area contributed by atoms with Crippen LogP contribution in [0.2, 0.25) is 0 Å². The van der Waals surface area contributed by atoms with Gasteiger partial charge in [-0.3, -0.25) is 9.59 Å². The lowest BCUT2D eigenvalue weighted by Crippen LogP contribution is -2.38. The van der Waals surface area contributed by atoms with E-state index in [0.717, 1.165) is 0 Å². The highest BCUT2D eigenvalue weighted by Crippen LogP contribution is 2.19. The molecule has 2 atom stereocenters. The summed E-state index contributed by atoms with van der Waals surface area (Å²) < 4.78 is 1.74. The highest BCUT2D eigenvalue weighted by atomic mass is 16.2. The summed E-state index contributed by atoms with van der Waals surface area (Å²) in [6.07, 6.45) is 2.44. The van der Waals surface area contributed by atoms with E-state index in [1.165, 1.54) is 4.90 Å². The Bertz CT molecular complexity index is 886. The zero-order chi connectivity index (χ0) is 19.4. The Morgan fingerprint density at radius 1 is 1.48 bits per heavy atom. The molecule has 2 amide bonds. The normalized spacial score (nSPS) is 18.7. The second-order valence-corrected chi connectivity index (χ2v) is 6.51. The summed E-state index contributed by atoms with van der Waals surface area (Å²) >= 11 is 0. The average Bonchev–Trinajstić information content (AvgIpc) is 3.36. The fraction of sp³-hybridized carbons (Fsp3) is 0.389. The van der Waals surface area contributed by atoms with E-state index in [4.69, 9.17) is 5.26 Å². The molecule has 0 unspecified atom stereocenters. The minimum atomic E-state index is -0.232. The van der Waals surface area contributed by atoms with Gasteiger partial charge < -0.3 is 15.5 Å². The maximum atomic E-state index is 12.5. The van der Waals surface area contributed by atoms with Gasteiger partial charge >= 0.3 is 0 Å². The number of carbonyl (C=O) groups is 2. The summed E-state index contributed by atoms with van der Waals surface area (Å²) in [5.41, 5.74) is 1.56. The molecule has 2 heterocycles. The van der Waals surface area contributed by atoms with Gasteiger partial charge in [-0.15, -0.1) is 5.10 Å². The molecule has 0 aliphatic carbocycles. The first-order chi connectivity index (χ1) is 13.0. The van der Waals surface area contributed by atoms with Gasteiger partial charge in [-0.2, -0.15) is 5.26 Å². The second kappa shape index (κ2) is 7.97. The zero-order valence-electron chi connectivity index (χ0n) is 15.2. The van der Waals surface area contributed by atoms with Gasteiger partial charge in [0.1, 0.15) is 5.69 Å². The molecule has 0 radical (unpaired) electrons. The Kier molecular flexibility index (Phi) is 5.47. The van der Waals surface area contributed by atoms with Crippen LogP contribution < -0.4 is 10.6 Å².